The van der Waals surface area contributed by atoms with E-state index < -0.39 is 0 Å². The van der Waals surface area contributed by atoms with E-state index in [1.807, 2.05) is 20.0 Å². The van der Waals surface area contributed by atoms with Crippen LogP contribution in [0.25, 0.3) is 22.4 Å². The predicted octanol–water partition coefficient (Wildman–Crippen LogP) is 4.83. The summed E-state index contributed by atoms with van der Waals surface area (Å²) in [5.41, 5.74) is 4.09. The molecule has 1 aliphatic heterocycles. The lowest BCUT2D eigenvalue weighted by molar-refractivity contribution is 0.209. The first-order valence-electron chi connectivity index (χ1n) is 10.7. The Balaban J connectivity index is 1.37. The summed E-state index contributed by atoms with van der Waals surface area (Å²) >= 11 is 0. The lowest BCUT2D eigenvalue weighted by Gasteiger charge is -2.28. The molecule has 3 aromatic rings. The van der Waals surface area contributed by atoms with Crippen LogP contribution in [-0.2, 0) is 6.42 Å². The second-order valence-corrected chi connectivity index (χ2v) is 8.48. The molecule has 0 bridgehead atoms. The third kappa shape index (κ3) is 4.64. The summed E-state index contributed by atoms with van der Waals surface area (Å²) in [5.74, 6) is 2.22. The number of halogens is 1. The molecule has 29 heavy (non-hydrogen) atoms. The van der Waals surface area contributed by atoms with Gasteiger partial charge >= 0.3 is 0 Å². The van der Waals surface area contributed by atoms with Gasteiger partial charge in [0.05, 0.1) is 22.3 Å². The molecule has 5 nitrogen and oxygen atoms in total. The Morgan fingerprint density at radius 2 is 1.93 bits per heavy atom. The zero-order chi connectivity index (χ0) is 20.4. The normalized spacial score (nSPS) is 16.0. The highest BCUT2D eigenvalue weighted by atomic mass is 19.1. The second kappa shape index (κ2) is 8.57. The molecule has 1 saturated heterocycles. The third-order valence-electron chi connectivity index (χ3n) is 6.13. The van der Waals surface area contributed by atoms with Crippen molar-refractivity contribution < 1.29 is 4.39 Å². The molecule has 0 spiro atoms. The Morgan fingerprint density at radius 3 is 2.69 bits per heavy atom. The number of aromatic amines is 1. The van der Waals surface area contributed by atoms with E-state index in [9.17, 15) is 4.39 Å². The molecule has 1 aromatic carbocycles. The van der Waals surface area contributed by atoms with Gasteiger partial charge in [-0.05, 0) is 76.9 Å². The van der Waals surface area contributed by atoms with Crippen LogP contribution in [0.4, 0.5) is 4.39 Å². The number of imidazole rings is 1. The largest absolute Gasteiger partial charge is 0.338 e. The monoisotopic (exact) mass is 395 g/mol. The second-order valence-electron chi connectivity index (χ2n) is 8.48. The minimum absolute atomic E-state index is 0.256. The lowest BCUT2D eigenvalue weighted by atomic mass is 9.91. The van der Waals surface area contributed by atoms with Crippen LogP contribution in [0.5, 0.6) is 0 Å². The van der Waals surface area contributed by atoms with Crippen molar-refractivity contribution in [2.75, 3.05) is 20.1 Å². The average molecular weight is 396 g/mol. The standard InChI is InChI=1S/C23H30FN5/c1-15-12-18(24)13-20-22(15)28-23(27-20)19-14-25-21(26-16(19)2)7-5-4-6-17-8-10-29(3)11-9-17/h12-14,17H,4-11H2,1-3H3,(H,27,28). The molecule has 0 unspecified atom stereocenters. The maximum absolute atomic E-state index is 13.7. The van der Waals surface area contributed by atoms with Crippen molar-refractivity contribution in [3.63, 3.8) is 0 Å². The summed E-state index contributed by atoms with van der Waals surface area (Å²) in [6.45, 7) is 6.33. The van der Waals surface area contributed by atoms with Gasteiger partial charge in [0.2, 0.25) is 0 Å². The van der Waals surface area contributed by atoms with E-state index >= 15 is 0 Å². The van der Waals surface area contributed by atoms with Crippen LogP contribution in [0.15, 0.2) is 18.3 Å². The van der Waals surface area contributed by atoms with E-state index in [4.69, 9.17) is 4.98 Å². The van der Waals surface area contributed by atoms with E-state index in [0.29, 0.717) is 11.3 Å². The van der Waals surface area contributed by atoms with Crippen LogP contribution in [-0.4, -0.2) is 45.0 Å². The van der Waals surface area contributed by atoms with Crippen LogP contribution >= 0.6 is 0 Å². The average Bonchev–Trinajstić information content (AvgIpc) is 3.11. The number of piperidine rings is 1. The van der Waals surface area contributed by atoms with Gasteiger partial charge < -0.3 is 9.88 Å². The van der Waals surface area contributed by atoms with Gasteiger partial charge in [0.15, 0.2) is 0 Å². The summed E-state index contributed by atoms with van der Waals surface area (Å²) < 4.78 is 13.7. The number of hydrogen-bond donors (Lipinski definition) is 1. The summed E-state index contributed by atoms with van der Waals surface area (Å²) in [6.07, 6.45) is 9.13. The SMILES string of the molecule is Cc1nc(CCCCC2CCN(C)CC2)ncc1-c1nc2c(C)cc(F)cc2[nH]1. The number of rotatable bonds is 6. The number of benzene rings is 1. The molecule has 0 radical (unpaired) electrons. The van der Waals surface area contributed by atoms with Crippen molar-refractivity contribution >= 4 is 11.0 Å². The Morgan fingerprint density at radius 1 is 1.14 bits per heavy atom. The van der Waals surface area contributed by atoms with Crippen LogP contribution < -0.4 is 0 Å². The van der Waals surface area contributed by atoms with Crippen molar-refractivity contribution in [1.29, 1.82) is 0 Å². The molecule has 1 N–H and O–H groups in total. The third-order valence-corrected chi connectivity index (χ3v) is 6.13. The lowest BCUT2D eigenvalue weighted by Crippen LogP contribution is -2.30. The highest BCUT2D eigenvalue weighted by molar-refractivity contribution is 5.82. The van der Waals surface area contributed by atoms with Crippen LogP contribution in [0, 0.1) is 25.6 Å². The van der Waals surface area contributed by atoms with Crippen molar-refractivity contribution in [3.05, 3.63) is 41.2 Å². The summed E-state index contributed by atoms with van der Waals surface area (Å²) in [4.78, 5) is 19.5. The van der Waals surface area contributed by atoms with E-state index in [-0.39, 0.29) is 5.82 Å². The predicted molar refractivity (Wildman–Crippen MR) is 114 cm³/mol. The number of nitrogens with one attached hydrogen (secondary N) is 1. The molecule has 1 aliphatic rings. The van der Waals surface area contributed by atoms with E-state index in [0.717, 1.165) is 46.9 Å². The Labute approximate surface area is 171 Å². The molecule has 0 aliphatic carbocycles. The van der Waals surface area contributed by atoms with Gasteiger partial charge in [0.25, 0.3) is 0 Å². The topological polar surface area (TPSA) is 57.7 Å². The molecule has 2 aromatic heterocycles. The first-order valence-corrected chi connectivity index (χ1v) is 10.7. The minimum atomic E-state index is -0.256. The van der Waals surface area contributed by atoms with Crippen molar-refractivity contribution in [2.45, 2.75) is 52.4 Å². The zero-order valence-corrected chi connectivity index (χ0v) is 17.6. The fourth-order valence-electron chi connectivity index (χ4n) is 4.31. The number of nitrogens with zero attached hydrogens (tertiary/aromatic N) is 4. The quantitative estimate of drug-likeness (QED) is 0.607. The van der Waals surface area contributed by atoms with Crippen LogP contribution in [0.2, 0.25) is 0 Å². The number of hydrogen-bond acceptors (Lipinski definition) is 4. The molecule has 0 saturated carbocycles. The summed E-state index contributed by atoms with van der Waals surface area (Å²) in [7, 11) is 2.21. The maximum atomic E-state index is 13.7. The molecule has 6 heteroatoms. The number of aryl methyl sites for hydroxylation is 3. The number of aromatic nitrogens is 4. The Kier molecular flexibility index (Phi) is 5.90. The van der Waals surface area contributed by atoms with Gasteiger partial charge in [-0.2, -0.15) is 0 Å². The van der Waals surface area contributed by atoms with Gasteiger partial charge in [-0.15, -0.1) is 0 Å². The molecular formula is C23H30FN5. The molecule has 1 fully saturated rings. The molecule has 0 amide bonds. The zero-order valence-electron chi connectivity index (χ0n) is 17.6. The first kappa shape index (κ1) is 20.0. The maximum Gasteiger partial charge on any atom is 0.141 e. The van der Waals surface area contributed by atoms with E-state index in [1.54, 1.807) is 0 Å². The first-order chi connectivity index (χ1) is 14.0. The van der Waals surface area contributed by atoms with Crippen LogP contribution in [0.3, 0.4) is 0 Å². The number of likely N-dealkylation sites (tertiary alicyclic amines) is 1. The number of H-pyrrole nitrogens is 1. The van der Waals surface area contributed by atoms with Gasteiger partial charge in [-0.25, -0.2) is 19.3 Å². The van der Waals surface area contributed by atoms with E-state index in [1.165, 1.54) is 50.9 Å². The van der Waals surface area contributed by atoms with Crippen molar-refractivity contribution in [2.24, 2.45) is 5.92 Å². The highest BCUT2D eigenvalue weighted by Gasteiger charge is 2.16. The highest BCUT2D eigenvalue weighted by Crippen LogP contribution is 2.25. The van der Waals surface area contributed by atoms with Gasteiger partial charge in [0.1, 0.15) is 17.5 Å². The fourth-order valence-corrected chi connectivity index (χ4v) is 4.31. The Bertz CT molecular complexity index is 988. The molecule has 0 atom stereocenters. The van der Waals surface area contributed by atoms with Crippen molar-refractivity contribution in [1.82, 2.24) is 24.8 Å². The van der Waals surface area contributed by atoms with Gasteiger partial charge in [0, 0.05) is 12.6 Å². The Hall–Kier alpha value is -2.34. The van der Waals surface area contributed by atoms with Crippen molar-refractivity contribution in [3.8, 4) is 11.4 Å². The number of fused-ring (bicyclic) bond motifs is 1. The van der Waals surface area contributed by atoms with E-state index in [2.05, 4.69) is 26.9 Å². The van der Waals surface area contributed by atoms with Crippen LogP contribution in [0.1, 0.15) is 49.2 Å². The van der Waals surface area contributed by atoms with Gasteiger partial charge in [-0.3, -0.25) is 0 Å². The molecule has 154 valence electrons. The summed E-state index contributed by atoms with van der Waals surface area (Å²) in [5, 5.41) is 0. The molecule has 3 heterocycles. The minimum Gasteiger partial charge on any atom is -0.338 e. The molecular weight excluding hydrogens is 365 g/mol. The van der Waals surface area contributed by atoms with Gasteiger partial charge in [-0.1, -0.05) is 12.8 Å². The fraction of sp³-hybridized carbons (Fsp3) is 0.522. The number of unbranched alkanes of at least 4 members (excludes halogenated alkanes) is 1. The molecule has 4 rings (SSSR count). The summed E-state index contributed by atoms with van der Waals surface area (Å²) in [6, 6.07) is 2.98. The smallest absolute Gasteiger partial charge is 0.141 e.